The summed E-state index contributed by atoms with van der Waals surface area (Å²) in [6.45, 7) is 1.65. The van der Waals surface area contributed by atoms with Gasteiger partial charge in [-0.2, -0.15) is 8.78 Å². The molecule has 1 aliphatic heterocycles. The van der Waals surface area contributed by atoms with Crippen LogP contribution in [-0.4, -0.2) is 28.7 Å². The molecule has 0 saturated carbocycles. The van der Waals surface area contributed by atoms with E-state index in [1.807, 2.05) is 13.0 Å². The Labute approximate surface area is 98.3 Å². The van der Waals surface area contributed by atoms with Crippen molar-refractivity contribution in [2.75, 3.05) is 6.54 Å². The fourth-order valence-electron chi connectivity index (χ4n) is 1.75. The predicted molar refractivity (Wildman–Crippen MR) is 62.0 cm³/mol. The monoisotopic (exact) mass is 237 g/mol. The van der Waals surface area contributed by atoms with Gasteiger partial charge in [0.05, 0.1) is 11.4 Å². The van der Waals surface area contributed by atoms with Crippen LogP contribution < -0.4 is 0 Å². The second kappa shape index (κ2) is 4.24. The van der Waals surface area contributed by atoms with Gasteiger partial charge in [-0.15, -0.1) is 0 Å². The van der Waals surface area contributed by atoms with Crippen molar-refractivity contribution in [1.82, 2.24) is 9.88 Å². The molecule has 0 unspecified atom stereocenters. The summed E-state index contributed by atoms with van der Waals surface area (Å²) in [5.74, 6) is 0. The number of alkyl halides is 2. The Morgan fingerprint density at radius 1 is 1.65 bits per heavy atom. The van der Waals surface area contributed by atoms with Gasteiger partial charge >= 0.3 is 6.05 Å². The third-order valence-corrected chi connectivity index (χ3v) is 2.69. The number of aryl methyl sites for hydroxylation is 1. The molecule has 0 spiro atoms. The first kappa shape index (κ1) is 11.7. The highest BCUT2D eigenvalue weighted by atomic mass is 19.3. The summed E-state index contributed by atoms with van der Waals surface area (Å²) in [5, 5.41) is 7.06. The van der Waals surface area contributed by atoms with Crippen LogP contribution in [0.1, 0.15) is 18.2 Å². The number of pyridine rings is 1. The minimum atomic E-state index is -2.79. The summed E-state index contributed by atoms with van der Waals surface area (Å²) in [6.07, 6.45) is 4.67. The Balaban J connectivity index is 2.41. The second-order valence-corrected chi connectivity index (χ2v) is 3.84. The molecule has 1 saturated heterocycles. The number of rotatable bonds is 4. The van der Waals surface area contributed by atoms with E-state index in [4.69, 9.17) is 5.41 Å². The van der Waals surface area contributed by atoms with Crippen molar-refractivity contribution in [3.05, 3.63) is 35.7 Å². The third kappa shape index (κ3) is 2.18. The minimum absolute atomic E-state index is 0.299. The normalized spacial score (nSPS) is 18.1. The Kier molecular flexibility index (Phi) is 2.92. The molecule has 1 aromatic heterocycles. The lowest BCUT2D eigenvalue weighted by Gasteiger charge is -2.12. The lowest BCUT2D eigenvalue weighted by atomic mass is 10.1. The molecule has 3 nitrogen and oxygen atoms in total. The number of nitrogens with one attached hydrogen (secondary N) is 1. The third-order valence-electron chi connectivity index (χ3n) is 2.69. The number of hydrogen-bond acceptors (Lipinski definition) is 3. The molecule has 1 N–H and O–H groups in total. The van der Waals surface area contributed by atoms with Gasteiger partial charge in [0.25, 0.3) is 0 Å². The largest absolute Gasteiger partial charge is 0.343 e. The molecule has 2 rings (SSSR count). The number of aromatic nitrogens is 1. The molecule has 0 amide bonds. The fraction of sp³-hybridized carbons (Fsp3) is 0.333. The summed E-state index contributed by atoms with van der Waals surface area (Å²) < 4.78 is 26.1. The van der Waals surface area contributed by atoms with Crippen LogP contribution in [-0.2, 0) is 6.42 Å². The maximum Gasteiger partial charge on any atom is 0.343 e. The average Bonchev–Trinajstić information content (AvgIpc) is 2.95. The molecule has 1 aromatic rings. The van der Waals surface area contributed by atoms with Crippen LogP contribution in [0, 0.1) is 5.41 Å². The SMILES string of the molecule is CCc1cccnc1/C(=C/C=N)N1CC1(F)F. The predicted octanol–water partition coefficient (Wildman–Crippen LogP) is 2.54. The van der Waals surface area contributed by atoms with Crippen molar-refractivity contribution in [1.29, 1.82) is 5.41 Å². The molecule has 2 heterocycles. The van der Waals surface area contributed by atoms with E-state index in [-0.39, 0.29) is 6.54 Å². The Morgan fingerprint density at radius 2 is 2.35 bits per heavy atom. The van der Waals surface area contributed by atoms with Crippen molar-refractivity contribution in [2.24, 2.45) is 0 Å². The van der Waals surface area contributed by atoms with Gasteiger partial charge in [-0.3, -0.25) is 4.98 Å². The highest BCUT2D eigenvalue weighted by Gasteiger charge is 2.56. The van der Waals surface area contributed by atoms with E-state index in [0.29, 0.717) is 11.4 Å². The molecule has 0 aromatic carbocycles. The first-order valence-corrected chi connectivity index (χ1v) is 5.40. The molecule has 5 heteroatoms. The molecule has 0 radical (unpaired) electrons. The second-order valence-electron chi connectivity index (χ2n) is 3.84. The fourth-order valence-corrected chi connectivity index (χ4v) is 1.75. The first-order valence-electron chi connectivity index (χ1n) is 5.40. The van der Waals surface area contributed by atoms with E-state index in [1.165, 1.54) is 6.08 Å². The van der Waals surface area contributed by atoms with E-state index >= 15 is 0 Å². The lowest BCUT2D eigenvalue weighted by molar-refractivity contribution is 0.0753. The summed E-state index contributed by atoms with van der Waals surface area (Å²) in [6, 6.07) is 0.851. The zero-order chi connectivity index (χ0) is 12.5. The molecular formula is C12H13F2N3. The lowest BCUT2D eigenvalue weighted by Crippen LogP contribution is -2.09. The quantitative estimate of drug-likeness (QED) is 0.496. The average molecular weight is 237 g/mol. The smallest absolute Gasteiger partial charge is 0.309 e. The van der Waals surface area contributed by atoms with Crippen LogP contribution in [0.3, 0.4) is 0 Å². The standard InChI is InChI=1S/C12H13F2N3/c1-2-9-4-3-7-16-11(9)10(5-6-15)17-8-12(17,13)14/h3-7,15H,2,8H2,1H3/b10-5-,15-6?. The zero-order valence-electron chi connectivity index (χ0n) is 9.45. The van der Waals surface area contributed by atoms with E-state index < -0.39 is 6.05 Å². The highest BCUT2D eigenvalue weighted by Crippen LogP contribution is 2.42. The van der Waals surface area contributed by atoms with Gasteiger partial charge in [-0.25, -0.2) is 0 Å². The Bertz CT molecular complexity index is 469. The maximum absolute atomic E-state index is 13.1. The van der Waals surface area contributed by atoms with Gasteiger partial charge in [-0.05, 0) is 24.1 Å². The van der Waals surface area contributed by atoms with Gasteiger partial charge in [0.2, 0.25) is 0 Å². The van der Waals surface area contributed by atoms with Crippen LogP contribution >= 0.6 is 0 Å². The Hall–Kier alpha value is -1.78. The van der Waals surface area contributed by atoms with Crippen LogP contribution in [0.25, 0.3) is 5.70 Å². The van der Waals surface area contributed by atoms with E-state index in [0.717, 1.165) is 23.1 Å². The topological polar surface area (TPSA) is 39.8 Å². The summed E-state index contributed by atoms with van der Waals surface area (Å²) >= 11 is 0. The molecule has 1 fully saturated rings. The molecular weight excluding hydrogens is 224 g/mol. The van der Waals surface area contributed by atoms with Gasteiger partial charge in [0.1, 0.15) is 6.54 Å². The van der Waals surface area contributed by atoms with Crippen LogP contribution in [0.5, 0.6) is 0 Å². The van der Waals surface area contributed by atoms with Crippen LogP contribution in [0.15, 0.2) is 24.4 Å². The first-order chi connectivity index (χ1) is 8.10. The molecule has 17 heavy (non-hydrogen) atoms. The van der Waals surface area contributed by atoms with Crippen molar-refractivity contribution in [3.8, 4) is 0 Å². The summed E-state index contributed by atoms with van der Waals surface area (Å²) in [5.41, 5.74) is 1.77. The van der Waals surface area contributed by atoms with Crippen LogP contribution in [0.2, 0.25) is 0 Å². The van der Waals surface area contributed by atoms with Gasteiger partial charge < -0.3 is 10.3 Å². The number of hydrogen-bond donors (Lipinski definition) is 1. The molecule has 0 aliphatic carbocycles. The van der Waals surface area contributed by atoms with Crippen molar-refractivity contribution < 1.29 is 8.78 Å². The highest BCUT2D eigenvalue weighted by molar-refractivity contribution is 5.82. The molecule has 0 atom stereocenters. The molecule has 1 aliphatic rings. The molecule has 0 bridgehead atoms. The number of halogens is 2. The van der Waals surface area contributed by atoms with Crippen molar-refractivity contribution in [2.45, 2.75) is 19.4 Å². The van der Waals surface area contributed by atoms with Crippen molar-refractivity contribution in [3.63, 3.8) is 0 Å². The zero-order valence-corrected chi connectivity index (χ0v) is 9.45. The van der Waals surface area contributed by atoms with E-state index in [2.05, 4.69) is 4.98 Å². The maximum atomic E-state index is 13.1. The van der Waals surface area contributed by atoms with E-state index in [1.54, 1.807) is 12.3 Å². The van der Waals surface area contributed by atoms with Gasteiger partial charge in [0, 0.05) is 12.4 Å². The number of nitrogens with zero attached hydrogens (tertiary/aromatic N) is 2. The van der Waals surface area contributed by atoms with Crippen molar-refractivity contribution >= 4 is 11.9 Å². The van der Waals surface area contributed by atoms with Gasteiger partial charge in [0.15, 0.2) is 0 Å². The van der Waals surface area contributed by atoms with E-state index in [9.17, 15) is 8.78 Å². The summed E-state index contributed by atoms with van der Waals surface area (Å²) in [7, 11) is 0. The van der Waals surface area contributed by atoms with Crippen LogP contribution in [0.4, 0.5) is 8.78 Å². The Morgan fingerprint density at radius 3 is 2.88 bits per heavy atom. The van der Waals surface area contributed by atoms with Gasteiger partial charge in [-0.1, -0.05) is 13.0 Å². The molecule has 90 valence electrons. The minimum Gasteiger partial charge on any atom is -0.309 e. The summed E-state index contributed by atoms with van der Waals surface area (Å²) in [4.78, 5) is 5.11. The number of allylic oxidation sites excluding steroid dienone is 1.